The number of hydrogen-bond donors (Lipinski definition) is 1. The van der Waals surface area contributed by atoms with E-state index in [1.165, 1.54) is 21.5 Å². The van der Waals surface area contributed by atoms with Gasteiger partial charge >= 0.3 is 0 Å². The number of carbonyl (C=O) groups excluding carboxylic acids is 2. The lowest BCUT2D eigenvalue weighted by Gasteiger charge is -2.45. The van der Waals surface area contributed by atoms with Gasteiger partial charge in [0.15, 0.2) is 0 Å². The standard InChI is InChI=1S/C25H31ClN4O6S2/c1-37(33,34)30-14-17-9-18(15-30)13-29(12-17)24(31)16-28-8-2-3-23(25(28)32)27-38(35,36)22-7-5-19-10-21(26)6-4-20(19)11-22/h4-7,10-11,17-18,23,27H,2-3,8-9,12-16H2,1H3/t17?,18?,23-/m0/s1. The Morgan fingerprint density at radius 1 is 1.00 bits per heavy atom. The van der Waals surface area contributed by atoms with Crippen molar-refractivity contribution in [1.29, 1.82) is 0 Å². The molecule has 2 aromatic rings. The molecule has 3 atom stereocenters. The number of halogens is 1. The number of benzene rings is 2. The third-order valence-electron chi connectivity index (χ3n) is 7.61. The van der Waals surface area contributed by atoms with Crippen LogP contribution in [0.5, 0.6) is 0 Å². The molecule has 0 saturated carbocycles. The van der Waals surface area contributed by atoms with Crippen LogP contribution < -0.4 is 4.72 Å². The molecule has 2 bridgehead atoms. The maximum absolute atomic E-state index is 13.2. The quantitative estimate of drug-likeness (QED) is 0.550. The predicted molar refractivity (Wildman–Crippen MR) is 143 cm³/mol. The van der Waals surface area contributed by atoms with E-state index in [4.69, 9.17) is 11.6 Å². The Labute approximate surface area is 228 Å². The zero-order chi connectivity index (χ0) is 27.2. The van der Waals surface area contributed by atoms with Crippen LogP contribution in [0.15, 0.2) is 41.3 Å². The van der Waals surface area contributed by atoms with Crippen LogP contribution in [-0.4, -0.2) is 94.3 Å². The molecule has 0 radical (unpaired) electrons. The minimum atomic E-state index is -3.97. The van der Waals surface area contributed by atoms with Crippen LogP contribution in [0.4, 0.5) is 0 Å². The molecule has 0 spiro atoms. The largest absolute Gasteiger partial charge is 0.341 e. The van der Waals surface area contributed by atoms with Crippen LogP contribution in [0, 0.1) is 11.8 Å². The van der Waals surface area contributed by atoms with Crippen LogP contribution in [-0.2, 0) is 29.6 Å². The number of nitrogens with one attached hydrogen (secondary N) is 1. The Morgan fingerprint density at radius 2 is 1.66 bits per heavy atom. The molecule has 3 aliphatic heterocycles. The van der Waals surface area contributed by atoms with Gasteiger partial charge in [0.05, 0.1) is 17.7 Å². The van der Waals surface area contributed by atoms with Crippen molar-refractivity contribution in [2.45, 2.75) is 30.2 Å². The first-order chi connectivity index (χ1) is 17.9. The van der Waals surface area contributed by atoms with Gasteiger partial charge in [0, 0.05) is 37.7 Å². The highest BCUT2D eigenvalue weighted by atomic mass is 35.5. The third kappa shape index (κ3) is 5.84. The molecule has 3 fully saturated rings. The number of sulfonamides is 2. The molecule has 3 aliphatic rings. The first kappa shape index (κ1) is 27.3. The molecule has 0 aromatic heterocycles. The molecular weight excluding hydrogens is 552 g/mol. The molecule has 10 nitrogen and oxygen atoms in total. The van der Waals surface area contributed by atoms with Crippen molar-refractivity contribution in [3.63, 3.8) is 0 Å². The number of likely N-dealkylation sites (tertiary alicyclic amines) is 2. The summed E-state index contributed by atoms with van der Waals surface area (Å²) in [5.74, 6) is -0.481. The normalized spacial score (nSPS) is 25.1. The van der Waals surface area contributed by atoms with E-state index in [9.17, 15) is 26.4 Å². The Morgan fingerprint density at radius 3 is 2.34 bits per heavy atom. The van der Waals surface area contributed by atoms with Gasteiger partial charge in [-0.15, -0.1) is 0 Å². The van der Waals surface area contributed by atoms with Gasteiger partial charge in [0.2, 0.25) is 31.9 Å². The van der Waals surface area contributed by atoms with E-state index >= 15 is 0 Å². The summed E-state index contributed by atoms with van der Waals surface area (Å²) in [6.45, 7) is 1.95. The minimum absolute atomic E-state index is 0.0521. The summed E-state index contributed by atoms with van der Waals surface area (Å²) in [6.07, 6.45) is 3.00. The second-order valence-electron chi connectivity index (χ2n) is 10.6. The van der Waals surface area contributed by atoms with Gasteiger partial charge in [-0.05, 0) is 66.1 Å². The number of hydrogen-bond acceptors (Lipinski definition) is 6. The molecular formula is C25H31ClN4O6S2. The fourth-order valence-electron chi connectivity index (χ4n) is 5.79. The average molecular weight is 583 g/mol. The molecule has 38 heavy (non-hydrogen) atoms. The van der Waals surface area contributed by atoms with E-state index in [1.807, 2.05) is 0 Å². The topological polar surface area (TPSA) is 124 Å². The second kappa shape index (κ2) is 10.4. The zero-order valence-electron chi connectivity index (χ0n) is 21.0. The highest BCUT2D eigenvalue weighted by Gasteiger charge is 2.40. The first-order valence-corrected chi connectivity index (χ1v) is 16.3. The Kier molecular flexibility index (Phi) is 7.46. The maximum atomic E-state index is 13.2. The Bertz CT molecular complexity index is 1470. The lowest BCUT2D eigenvalue weighted by atomic mass is 9.86. The monoisotopic (exact) mass is 582 g/mol. The summed E-state index contributed by atoms with van der Waals surface area (Å²) in [5, 5.41) is 2.07. The molecule has 5 rings (SSSR count). The lowest BCUT2D eigenvalue weighted by Crippen LogP contribution is -2.58. The van der Waals surface area contributed by atoms with Gasteiger partial charge < -0.3 is 9.80 Å². The number of nitrogens with zero attached hydrogens (tertiary/aromatic N) is 3. The molecule has 2 unspecified atom stereocenters. The SMILES string of the molecule is CS(=O)(=O)N1CC2CC(CN(C(=O)CN3CCC[C@H](NS(=O)(=O)c4ccc5cc(Cl)ccc5c4)C3=O)C2)C1. The van der Waals surface area contributed by atoms with E-state index in [2.05, 4.69) is 4.72 Å². The van der Waals surface area contributed by atoms with Crippen molar-refractivity contribution in [2.24, 2.45) is 11.8 Å². The number of amides is 2. The van der Waals surface area contributed by atoms with Crippen LogP contribution in [0.1, 0.15) is 19.3 Å². The van der Waals surface area contributed by atoms with Crippen LogP contribution >= 0.6 is 11.6 Å². The average Bonchev–Trinajstić information content (AvgIpc) is 2.84. The van der Waals surface area contributed by atoms with E-state index in [0.29, 0.717) is 56.0 Å². The van der Waals surface area contributed by atoms with Gasteiger partial charge in [0.1, 0.15) is 6.04 Å². The number of rotatable bonds is 6. The fraction of sp³-hybridized carbons (Fsp3) is 0.520. The van der Waals surface area contributed by atoms with Crippen LogP contribution in [0.25, 0.3) is 10.8 Å². The summed E-state index contributed by atoms with van der Waals surface area (Å²) >= 11 is 6.02. The van der Waals surface area contributed by atoms with Gasteiger partial charge in [-0.3, -0.25) is 9.59 Å². The van der Waals surface area contributed by atoms with E-state index in [-0.39, 0.29) is 29.2 Å². The highest BCUT2D eigenvalue weighted by Crippen LogP contribution is 2.30. The van der Waals surface area contributed by atoms with E-state index < -0.39 is 32.0 Å². The van der Waals surface area contributed by atoms with Crippen molar-refractivity contribution < 1.29 is 26.4 Å². The molecule has 1 N–H and O–H groups in total. The fourth-order valence-corrected chi connectivity index (χ4v) is 8.20. The summed E-state index contributed by atoms with van der Waals surface area (Å²) in [7, 11) is -7.25. The first-order valence-electron chi connectivity index (χ1n) is 12.6. The van der Waals surface area contributed by atoms with Crippen molar-refractivity contribution in [2.75, 3.05) is 45.5 Å². The summed E-state index contributed by atoms with van der Waals surface area (Å²) in [5.41, 5.74) is 0. The lowest BCUT2D eigenvalue weighted by molar-refractivity contribution is -0.145. The molecule has 13 heteroatoms. The molecule has 2 amide bonds. The summed E-state index contributed by atoms with van der Waals surface area (Å²) < 4.78 is 54.2. The predicted octanol–water partition coefficient (Wildman–Crippen LogP) is 1.50. The number of piperidine rings is 3. The van der Waals surface area contributed by atoms with Gasteiger partial charge in [-0.25, -0.2) is 21.1 Å². The Hall–Kier alpha value is -2.25. The highest BCUT2D eigenvalue weighted by molar-refractivity contribution is 7.89. The molecule has 206 valence electrons. The number of fused-ring (bicyclic) bond motifs is 3. The van der Waals surface area contributed by atoms with Crippen LogP contribution in [0.2, 0.25) is 5.02 Å². The van der Waals surface area contributed by atoms with Crippen molar-refractivity contribution in [3.05, 3.63) is 41.4 Å². The minimum Gasteiger partial charge on any atom is -0.341 e. The summed E-state index contributed by atoms with van der Waals surface area (Å²) in [6, 6.07) is 8.92. The molecule has 3 heterocycles. The maximum Gasteiger partial charge on any atom is 0.242 e. The van der Waals surface area contributed by atoms with Crippen molar-refractivity contribution in [3.8, 4) is 0 Å². The van der Waals surface area contributed by atoms with Crippen molar-refractivity contribution >= 4 is 54.2 Å². The summed E-state index contributed by atoms with van der Waals surface area (Å²) in [4.78, 5) is 29.5. The zero-order valence-corrected chi connectivity index (χ0v) is 23.4. The van der Waals surface area contributed by atoms with Gasteiger partial charge in [-0.1, -0.05) is 23.7 Å². The van der Waals surface area contributed by atoms with Gasteiger partial charge in [0.25, 0.3) is 0 Å². The molecule has 3 saturated heterocycles. The van der Waals surface area contributed by atoms with Crippen LogP contribution in [0.3, 0.4) is 0 Å². The van der Waals surface area contributed by atoms with E-state index in [1.54, 1.807) is 35.2 Å². The molecule has 0 aliphatic carbocycles. The second-order valence-corrected chi connectivity index (χ2v) is 14.7. The van der Waals surface area contributed by atoms with Gasteiger partial charge in [-0.2, -0.15) is 4.72 Å². The third-order valence-corrected chi connectivity index (χ3v) is 10.5. The smallest absolute Gasteiger partial charge is 0.242 e. The number of carbonyl (C=O) groups is 2. The molecule has 2 aromatic carbocycles. The Balaban J connectivity index is 1.22. The van der Waals surface area contributed by atoms with Crippen molar-refractivity contribution in [1.82, 2.24) is 18.8 Å². The van der Waals surface area contributed by atoms with E-state index in [0.717, 1.165) is 11.8 Å².